The maximum Gasteiger partial charge on any atom is 0.139 e. The largest absolute Gasteiger partial charge is 0.342 e. The average Bonchev–Trinajstić information content (AvgIpc) is 2.91. The predicted molar refractivity (Wildman–Crippen MR) is 85.6 cm³/mol. The summed E-state index contributed by atoms with van der Waals surface area (Å²) in [6.45, 7) is 12.7. The highest BCUT2D eigenvalue weighted by Gasteiger charge is 2.43. The smallest absolute Gasteiger partial charge is 0.139 e. The summed E-state index contributed by atoms with van der Waals surface area (Å²) < 4.78 is 0. The number of Topliss-reactive ketones (excluding diaryl/α,β-unsaturated/α-hetero) is 1. The highest BCUT2D eigenvalue weighted by atomic mass is 16.1. The van der Waals surface area contributed by atoms with Crippen molar-refractivity contribution in [2.75, 3.05) is 0 Å². The fourth-order valence-electron chi connectivity index (χ4n) is 3.72. The van der Waals surface area contributed by atoms with Gasteiger partial charge in [-0.2, -0.15) is 0 Å². The number of benzene rings is 1. The molecule has 1 N–H and O–H groups in total. The number of hydrogen-bond donors (Lipinski definition) is 1. The highest BCUT2D eigenvalue weighted by Crippen LogP contribution is 2.38. The van der Waals surface area contributed by atoms with E-state index in [4.69, 9.17) is 4.98 Å². The van der Waals surface area contributed by atoms with Crippen molar-refractivity contribution in [2.24, 2.45) is 17.8 Å². The minimum absolute atomic E-state index is 0.180. The van der Waals surface area contributed by atoms with Crippen LogP contribution >= 0.6 is 0 Å². The second-order valence-electron chi connectivity index (χ2n) is 6.75. The molecule has 1 aromatic heterocycles. The number of carbonyl (C=O) groups excluding carboxylic acids is 1. The molecule has 1 fully saturated rings. The Balaban J connectivity index is 2.01. The Morgan fingerprint density at radius 2 is 1.52 bits per heavy atom. The first-order valence-electron chi connectivity index (χ1n) is 7.81. The van der Waals surface area contributed by atoms with Crippen LogP contribution in [0.1, 0.15) is 41.9 Å². The molecule has 0 amide bonds. The molecule has 3 nitrogen and oxygen atoms in total. The summed E-state index contributed by atoms with van der Waals surface area (Å²) in [5.74, 6) is 2.21. The summed E-state index contributed by atoms with van der Waals surface area (Å²) in [6, 6.07) is 0. The van der Waals surface area contributed by atoms with Crippen molar-refractivity contribution in [1.29, 1.82) is 0 Å². The lowest BCUT2D eigenvalue weighted by Gasteiger charge is -2.38. The molecular formula is C18H24N2O. The van der Waals surface area contributed by atoms with Crippen molar-refractivity contribution >= 4 is 16.8 Å². The quantitative estimate of drug-likeness (QED) is 0.911. The predicted octanol–water partition coefficient (Wildman–Crippen LogP) is 3.81. The van der Waals surface area contributed by atoms with Crippen LogP contribution in [0.15, 0.2) is 0 Å². The Morgan fingerprint density at radius 1 is 0.952 bits per heavy atom. The Bertz CT molecular complexity index is 684. The third-order valence-electron chi connectivity index (χ3n) is 5.78. The Labute approximate surface area is 126 Å². The summed E-state index contributed by atoms with van der Waals surface area (Å²) in [5.41, 5.74) is 7.49. The van der Waals surface area contributed by atoms with E-state index in [0.717, 1.165) is 23.3 Å². The first kappa shape index (κ1) is 14.3. The van der Waals surface area contributed by atoms with Crippen molar-refractivity contribution in [1.82, 2.24) is 9.97 Å². The maximum atomic E-state index is 11.7. The van der Waals surface area contributed by atoms with Crippen LogP contribution in [0.2, 0.25) is 0 Å². The monoisotopic (exact) mass is 284 g/mol. The summed E-state index contributed by atoms with van der Waals surface area (Å²) in [4.78, 5) is 20.0. The van der Waals surface area contributed by atoms with E-state index in [-0.39, 0.29) is 11.8 Å². The van der Waals surface area contributed by atoms with Gasteiger partial charge in [-0.1, -0.05) is 13.8 Å². The Morgan fingerprint density at radius 3 is 2.14 bits per heavy atom. The molecule has 21 heavy (non-hydrogen) atoms. The number of carbonyl (C=O) groups is 1. The Hall–Kier alpha value is -1.64. The number of imidazole rings is 1. The number of fused-ring (bicyclic) bond motifs is 1. The molecule has 1 heterocycles. The van der Waals surface area contributed by atoms with Crippen LogP contribution in [0.25, 0.3) is 11.0 Å². The van der Waals surface area contributed by atoms with Crippen LogP contribution in [0.5, 0.6) is 0 Å². The van der Waals surface area contributed by atoms with Gasteiger partial charge in [0, 0.05) is 18.3 Å². The minimum atomic E-state index is 0.180. The number of nitrogens with zero attached hydrogens (tertiary/aromatic N) is 1. The van der Waals surface area contributed by atoms with Crippen LogP contribution in [-0.2, 0) is 11.2 Å². The first-order chi connectivity index (χ1) is 9.82. The standard InChI is InChI=1S/C18H24N2O/c1-8-9(2)11(4)17-16(10(8)3)19-15(20-17)7-14-12(5)18(21)13(14)6/h12-14H,7H2,1-6H3,(H,19,20). The number of aromatic amines is 1. The molecule has 1 aliphatic rings. The third-order valence-corrected chi connectivity index (χ3v) is 5.78. The molecule has 1 aromatic carbocycles. The molecule has 1 saturated carbocycles. The zero-order valence-corrected chi connectivity index (χ0v) is 13.8. The fraction of sp³-hybridized carbons (Fsp3) is 0.556. The molecule has 0 saturated heterocycles. The van der Waals surface area contributed by atoms with Gasteiger partial charge in [-0.3, -0.25) is 4.79 Å². The van der Waals surface area contributed by atoms with E-state index < -0.39 is 0 Å². The van der Waals surface area contributed by atoms with Gasteiger partial charge in [-0.25, -0.2) is 4.98 Å². The molecule has 3 heteroatoms. The number of aromatic nitrogens is 2. The van der Waals surface area contributed by atoms with E-state index in [1.165, 1.54) is 22.3 Å². The number of H-pyrrole nitrogens is 1. The number of rotatable bonds is 2. The SMILES string of the molecule is Cc1c(C)c(C)c2[nH]c(CC3C(C)C(=O)C3C)nc2c1C. The first-order valence-corrected chi connectivity index (χ1v) is 7.81. The van der Waals surface area contributed by atoms with Crippen molar-refractivity contribution in [2.45, 2.75) is 48.0 Å². The van der Waals surface area contributed by atoms with E-state index in [1.54, 1.807) is 0 Å². The van der Waals surface area contributed by atoms with Gasteiger partial charge in [0.25, 0.3) is 0 Å². The van der Waals surface area contributed by atoms with Crippen molar-refractivity contribution in [3.8, 4) is 0 Å². The molecule has 0 spiro atoms. The van der Waals surface area contributed by atoms with Crippen molar-refractivity contribution in [3.63, 3.8) is 0 Å². The van der Waals surface area contributed by atoms with Gasteiger partial charge in [0.15, 0.2) is 0 Å². The van der Waals surface area contributed by atoms with Crippen molar-refractivity contribution < 1.29 is 4.79 Å². The average molecular weight is 284 g/mol. The number of aryl methyl sites for hydroxylation is 2. The van der Waals surface area contributed by atoms with E-state index in [0.29, 0.717) is 11.7 Å². The molecule has 0 radical (unpaired) electrons. The summed E-state index contributed by atoms with van der Waals surface area (Å²) in [7, 11) is 0. The van der Waals surface area contributed by atoms with Gasteiger partial charge in [0.2, 0.25) is 0 Å². The zero-order valence-electron chi connectivity index (χ0n) is 13.8. The summed E-state index contributed by atoms with van der Waals surface area (Å²) >= 11 is 0. The maximum absolute atomic E-state index is 11.7. The highest BCUT2D eigenvalue weighted by molar-refractivity contribution is 5.89. The number of ketones is 1. The lowest BCUT2D eigenvalue weighted by Crippen LogP contribution is -2.45. The Kier molecular flexibility index (Phi) is 3.19. The molecule has 2 atom stereocenters. The second kappa shape index (κ2) is 4.69. The van der Waals surface area contributed by atoms with Crippen LogP contribution in [0.3, 0.4) is 0 Å². The van der Waals surface area contributed by atoms with Gasteiger partial charge in [-0.05, 0) is 55.9 Å². The lowest BCUT2D eigenvalue weighted by molar-refractivity contribution is -0.140. The molecular weight excluding hydrogens is 260 g/mol. The lowest BCUT2D eigenvalue weighted by atomic mass is 9.64. The summed E-state index contributed by atoms with van der Waals surface area (Å²) in [5, 5.41) is 0. The van der Waals surface area contributed by atoms with E-state index in [9.17, 15) is 4.79 Å². The fourth-order valence-corrected chi connectivity index (χ4v) is 3.72. The van der Waals surface area contributed by atoms with Gasteiger partial charge in [-0.15, -0.1) is 0 Å². The van der Waals surface area contributed by atoms with Crippen LogP contribution in [0.4, 0.5) is 0 Å². The second-order valence-corrected chi connectivity index (χ2v) is 6.75. The van der Waals surface area contributed by atoms with E-state index in [2.05, 4.69) is 32.7 Å². The topological polar surface area (TPSA) is 45.8 Å². The van der Waals surface area contributed by atoms with Gasteiger partial charge in [0.05, 0.1) is 11.0 Å². The molecule has 3 rings (SSSR count). The summed E-state index contributed by atoms with van der Waals surface area (Å²) in [6.07, 6.45) is 0.875. The minimum Gasteiger partial charge on any atom is -0.342 e. The van der Waals surface area contributed by atoms with Crippen LogP contribution in [-0.4, -0.2) is 15.8 Å². The molecule has 0 aliphatic heterocycles. The third kappa shape index (κ3) is 1.94. The van der Waals surface area contributed by atoms with Gasteiger partial charge in [0.1, 0.15) is 11.6 Å². The number of hydrogen-bond acceptors (Lipinski definition) is 2. The van der Waals surface area contributed by atoms with E-state index in [1.807, 2.05) is 13.8 Å². The molecule has 1 aliphatic carbocycles. The normalized spacial score (nSPS) is 25.4. The van der Waals surface area contributed by atoms with Gasteiger partial charge >= 0.3 is 0 Å². The van der Waals surface area contributed by atoms with Gasteiger partial charge < -0.3 is 4.98 Å². The zero-order chi connectivity index (χ0) is 15.5. The number of nitrogens with one attached hydrogen (secondary N) is 1. The molecule has 112 valence electrons. The molecule has 2 unspecified atom stereocenters. The molecule has 2 aromatic rings. The van der Waals surface area contributed by atoms with Crippen LogP contribution in [0, 0.1) is 45.4 Å². The van der Waals surface area contributed by atoms with Crippen LogP contribution < -0.4 is 0 Å². The van der Waals surface area contributed by atoms with Crippen molar-refractivity contribution in [3.05, 3.63) is 28.1 Å². The molecule has 0 bridgehead atoms. The van der Waals surface area contributed by atoms with E-state index >= 15 is 0 Å².